The van der Waals surface area contributed by atoms with Crippen LogP contribution < -0.4 is 9.47 Å². The molecule has 3 aromatic rings. The normalized spacial score (nSPS) is 12.4. The minimum absolute atomic E-state index is 0.286. The molecule has 0 aliphatic rings. The van der Waals surface area contributed by atoms with Crippen molar-refractivity contribution in [3.05, 3.63) is 64.1 Å². The Kier molecular flexibility index (Phi) is 6.66. The molecule has 0 radical (unpaired) electrons. The fourth-order valence-corrected chi connectivity index (χ4v) is 3.47. The van der Waals surface area contributed by atoms with Crippen LogP contribution in [0.1, 0.15) is 48.8 Å². The van der Waals surface area contributed by atoms with Crippen molar-refractivity contribution in [2.24, 2.45) is 0 Å². The largest absolute Gasteiger partial charge is 0.484 e. The van der Waals surface area contributed by atoms with E-state index in [2.05, 4.69) is 21.9 Å². The molecule has 30 heavy (non-hydrogen) atoms. The summed E-state index contributed by atoms with van der Waals surface area (Å²) in [7, 11) is 0. The van der Waals surface area contributed by atoms with E-state index in [0.717, 1.165) is 22.6 Å². The van der Waals surface area contributed by atoms with Gasteiger partial charge in [-0.05, 0) is 57.0 Å². The third-order valence-corrected chi connectivity index (χ3v) is 5.51. The van der Waals surface area contributed by atoms with Gasteiger partial charge in [0.1, 0.15) is 23.4 Å². The highest BCUT2D eigenvalue weighted by Crippen LogP contribution is 2.29. The number of aromatic nitrogens is 3. The maximum atomic E-state index is 11.2. The van der Waals surface area contributed by atoms with Gasteiger partial charge in [-0.2, -0.15) is 0 Å². The molecule has 0 saturated heterocycles. The molecule has 3 rings (SSSR count). The van der Waals surface area contributed by atoms with E-state index in [0.29, 0.717) is 23.7 Å². The lowest BCUT2D eigenvalue weighted by atomic mass is 10.1. The van der Waals surface area contributed by atoms with Gasteiger partial charge < -0.3 is 14.6 Å². The highest BCUT2D eigenvalue weighted by molar-refractivity contribution is 7.09. The second kappa shape index (κ2) is 9.21. The Hall–Kier alpha value is -3.00. The van der Waals surface area contributed by atoms with E-state index in [-0.39, 0.29) is 6.10 Å². The fourth-order valence-electron chi connectivity index (χ4n) is 2.83. The Morgan fingerprint density at radius 2 is 1.90 bits per heavy atom. The molecule has 0 spiro atoms. The van der Waals surface area contributed by atoms with Crippen LogP contribution >= 0.6 is 11.3 Å². The first-order valence-electron chi connectivity index (χ1n) is 9.67. The Morgan fingerprint density at radius 1 is 1.20 bits per heavy atom. The van der Waals surface area contributed by atoms with Gasteiger partial charge in [-0.3, -0.25) is 4.98 Å². The van der Waals surface area contributed by atoms with Crippen molar-refractivity contribution in [2.45, 2.75) is 52.2 Å². The van der Waals surface area contributed by atoms with Crippen molar-refractivity contribution in [2.75, 3.05) is 0 Å². The zero-order valence-corrected chi connectivity index (χ0v) is 18.3. The lowest BCUT2D eigenvalue weighted by Crippen LogP contribution is -2.37. The van der Waals surface area contributed by atoms with Crippen molar-refractivity contribution in [1.29, 1.82) is 0 Å². The highest BCUT2D eigenvalue weighted by atomic mass is 32.1. The summed E-state index contributed by atoms with van der Waals surface area (Å²) in [5.41, 5.74) is 2.57. The molecule has 1 N–H and O–H groups in total. The van der Waals surface area contributed by atoms with E-state index in [9.17, 15) is 9.90 Å². The Balaban J connectivity index is 1.76. The van der Waals surface area contributed by atoms with Gasteiger partial charge in [0.25, 0.3) is 0 Å². The van der Waals surface area contributed by atoms with Crippen LogP contribution in [0.15, 0.2) is 42.2 Å². The van der Waals surface area contributed by atoms with Crippen molar-refractivity contribution in [3.63, 3.8) is 0 Å². The molecular formula is C22H25N3O4S. The summed E-state index contributed by atoms with van der Waals surface area (Å²) in [5.74, 6) is 0.776. The summed E-state index contributed by atoms with van der Waals surface area (Å²) in [6.07, 6.45) is 4.78. The SMILES string of the molecule is CCc1cnc(CC(Oc2ccc(OC(C)(C)C(=O)O)cc2)c2cncs2)nc1C. The summed E-state index contributed by atoms with van der Waals surface area (Å²) in [5, 5.41) is 9.21. The third kappa shape index (κ3) is 5.33. The molecule has 0 fully saturated rings. The van der Waals surface area contributed by atoms with Gasteiger partial charge in [0.05, 0.1) is 10.4 Å². The number of aliphatic carboxylic acids is 1. The molecule has 0 bridgehead atoms. The van der Waals surface area contributed by atoms with Gasteiger partial charge in [0, 0.05) is 24.5 Å². The number of ether oxygens (including phenoxy) is 2. The predicted octanol–water partition coefficient (Wildman–Crippen LogP) is 4.41. The second-order valence-corrected chi connectivity index (χ2v) is 8.27. The monoisotopic (exact) mass is 427 g/mol. The number of aryl methyl sites for hydroxylation is 2. The quantitative estimate of drug-likeness (QED) is 0.540. The van der Waals surface area contributed by atoms with E-state index in [4.69, 9.17) is 9.47 Å². The van der Waals surface area contributed by atoms with Crippen LogP contribution in [0, 0.1) is 6.92 Å². The average Bonchev–Trinajstić information content (AvgIpc) is 3.23. The number of nitrogens with zero attached hydrogens (tertiary/aromatic N) is 3. The van der Waals surface area contributed by atoms with Gasteiger partial charge in [0.2, 0.25) is 0 Å². The highest BCUT2D eigenvalue weighted by Gasteiger charge is 2.29. The van der Waals surface area contributed by atoms with E-state index < -0.39 is 11.6 Å². The molecule has 0 saturated carbocycles. The number of carbonyl (C=O) groups is 1. The predicted molar refractivity (Wildman–Crippen MR) is 114 cm³/mol. The zero-order chi connectivity index (χ0) is 21.7. The second-order valence-electron chi connectivity index (χ2n) is 7.35. The molecule has 0 amide bonds. The molecule has 7 nitrogen and oxygen atoms in total. The van der Waals surface area contributed by atoms with E-state index in [1.165, 1.54) is 25.2 Å². The van der Waals surface area contributed by atoms with Crippen LogP contribution in [0.5, 0.6) is 11.5 Å². The number of thiazole rings is 1. The molecule has 0 aliphatic carbocycles. The molecular weight excluding hydrogens is 402 g/mol. The lowest BCUT2D eigenvalue weighted by Gasteiger charge is -2.22. The first-order chi connectivity index (χ1) is 14.3. The van der Waals surface area contributed by atoms with Crippen molar-refractivity contribution in [1.82, 2.24) is 15.0 Å². The molecule has 2 aromatic heterocycles. The summed E-state index contributed by atoms with van der Waals surface area (Å²) >= 11 is 1.51. The van der Waals surface area contributed by atoms with Crippen molar-refractivity contribution in [3.8, 4) is 11.5 Å². The minimum atomic E-state index is -1.31. The van der Waals surface area contributed by atoms with Crippen LogP contribution in [0.2, 0.25) is 0 Å². The Bertz CT molecular complexity index is 988. The first kappa shape index (κ1) is 21.7. The molecule has 0 aliphatic heterocycles. The number of carboxylic acid groups (broad SMARTS) is 1. The summed E-state index contributed by atoms with van der Waals surface area (Å²) in [6.45, 7) is 7.08. The van der Waals surface area contributed by atoms with E-state index in [1.54, 1.807) is 36.0 Å². The summed E-state index contributed by atoms with van der Waals surface area (Å²) < 4.78 is 11.8. The number of rotatable bonds is 9. The van der Waals surface area contributed by atoms with E-state index >= 15 is 0 Å². The van der Waals surface area contributed by atoms with Crippen LogP contribution in [0.3, 0.4) is 0 Å². The standard InChI is InChI=1S/C22H25N3O4S/c1-5-15-11-24-20(25-14(15)2)10-18(19-12-23-13-30-19)28-16-6-8-17(9-7-16)29-22(3,4)21(26)27/h6-9,11-13,18H,5,10H2,1-4H3,(H,26,27). The Morgan fingerprint density at radius 3 is 2.47 bits per heavy atom. The van der Waals surface area contributed by atoms with Crippen LogP contribution in [0.4, 0.5) is 0 Å². The van der Waals surface area contributed by atoms with Crippen LogP contribution in [-0.4, -0.2) is 31.6 Å². The minimum Gasteiger partial charge on any atom is -0.484 e. The summed E-state index contributed by atoms with van der Waals surface area (Å²) in [6, 6.07) is 6.90. The molecule has 2 heterocycles. The molecule has 8 heteroatoms. The first-order valence-corrected chi connectivity index (χ1v) is 10.6. The van der Waals surface area contributed by atoms with Gasteiger partial charge in [-0.1, -0.05) is 6.92 Å². The summed E-state index contributed by atoms with van der Waals surface area (Å²) in [4.78, 5) is 25.5. The number of carboxylic acids is 1. The molecule has 1 aromatic carbocycles. The molecule has 1 atom stereocenters. The maximum Gasteiger partial charge on any atom is 0.347 e. The van der Waals surface area contributed by atoms with Gasteiger partial charge in [-0.25, -0.2) is 14.8 Å². The number of hydrogen-bond donors (Lipinski definition) is 1. The lowest BCUT2D eigenvalue weighted by molar-refractivity contribution is -0.152. The maximum absolute atomic E-state index is 11.2. The topological polar surface area (TPSA) is 94.4 Å². The molecule has 158 valence electrons. The zero-order valence-electron chi connectivity index (χ0n) is 17.5. The van der Waals surface area contributed by atoms with E-state index in [1.807, 2.05) is 13.1 Å². The number of benzene rings is 1. The van der Waals surface area contributed by atoms with Crippen molar-refractivity contribution < 1.29 is 19.4 Å². The van der Waals surface area contributed by atoms with Crippen LogP contribution in [0.25, 0.3) is 0 Å². The van der Waals surface area contributed by atoms with Gasteiger partial charge >= 0.3 is 5.97 Å². The Labute approximate surface area is 179 Å². The van der Waals surface area contributed by atoms with Crippen molar-refractivity contribution >= 4 is 17.3 Å². The smallest absolute Gasteiger partial charge is 0.347 e. The van der Waals surface area contributed by atoms with Gasteiger partial charge in [-0.15, -0.1) is 11.3 Å². The van der Waals surface area contributed by atoms with Crippen LogP contribution in [-0.2, 0) is 17.6 Å². The third-order valence-electron chi connectivity index (χ3n) is 4.64. The molecule has 1 unspecified atom stereocenters. The fraction of sp³-hybridized carbons (Fsp3) is 0.364. The average molecular weight is 428 g/mol. The van der Waals surface area contributed by atoms with Gasteiger partial charge in [0.15, 0.2) is 5.60 Å². The number of hydrogen-bond acceptors (Lipinski definition) is 7.